The summed E-state index contributed by atoms with van der Waals surface area (Å²) in [5.41, 5.74) is 13.4. The lowest BCUT2D eigenvalue weighted by atomic mass is 9.64. The maximum absolute atomic E-state index is 3.43. The van der Waals surface area contributed by atoms with Gasteiger partial charge in [0.15, 0.2) is 0 Å². The van der Waals surface area contributed by atoms with Crippen LogP contribution >= 0.6 is 0 Å². The molecule has 0 amide bonds. The van der Waals surface area contributed by atoms with Crippen molar-refractivity contribution in [1.29, 1.82) is 0 Å². The maximum Gasteiger partial charge on any atom is 0.0754 e. The second kappa shape index (κ2) is 9.40. The highest BCUT2D eigenvalue weighted by Gasteiger charge is 2.51. The molecule has 6 aromatic carbocycles. The minimum atomic E-state index is -0.423. The zero-order valence-corrected chi connectivity index (χ0v) is 22.6. The lowest BCUT2D eigenvalue weighted by Gasteiger charge is -2.45. The van der Waals surface area contributed by atoms with Crippen LogP contribution in [0.2, 0.25) is 0 Å². The van der Waals surface area contributed by atoms with E-state index in [1.54, 1.807) is 0 Å². The fourth-order valence-corrected chi connectivity index (χ4v) is 6.89. The smallest absolute Gasteiger partial charge is 0.0754 e. The van der Waals surface area contributed by atoms with Crippen molar-refractivity contribution in [3.63, 3.8) is 0 Å². The Balaban J connectivity index is 1.39. The van der Waals surface area contributed by atoms with E-state index in [0.717, 1.165) is 5.56 Å². The third-order valence-electron chi connectivity index (χ3n) is 8.52. The van der Waals surface area contributed by atoms with Gasteiger partial charge in [0.05, 0.1) is 16.8 Å². The summed E-state index contributed by atoms with van der Waals surface area (Å²) in [7, 11) is 0. The van der Waals surface area contributed by atoms with Crippen molar-refractivity contribution in [1.82, 2.24) is 0 Å². The van der Waals surface area contributed by atoms with Crippen LogP contribution in [0.3, 0.4) is 0 Å². The predicted octanol–water partition coefficient (Wildman–Crippen LogP) is 9.43. The second-order valence-electron chi connectivity index (χ2n) is 10.7. The third kappa shape index (κ3) is 3.51. The van der Waals surface area contributed by atoms with Gasteiger partial charge in [-0.3, -0.25) is 0 Å². The van der Waals surface area contributed by atoms with Crippen LogP contribution in [0.25, 0.3) is 11.1 Å². The van der Waals surface area contributed by atoms with E-state index in [-0.39, 0.29) is 0 Å². The summed E-state index contributed by atoms with van der Waals surface area (Å²) in [6.45, 7) is 0. The molecule has 0 saturated carbocycles. The minimum absolute atomic E-state index is 0.423. The van der Waals surface area contributed by atoms with Crippen LogP contribution in [0.5, 0.6) is 0 Å². The Hall–Kier alpha value is -5.32. The van der Waals surface area contributed by atoms with Crippen molar-refractivity contribution < 1.29 is 0 Å². The summed E-state index contributed by atoms with van der Waals surface area (Å²) < 4.78 is 0. The molecule has 1 heterocycles. The van der Waals surface area contributed by atoms with Crippen molar-refractivity contribution in [3.8, 4) is 23.0 Å². The molecule has 8 rings (SSSR count). The van der Waals surface area contributed by atoms with Crippen LogP contribution in [0.1, 0.15) is 33.4 Å². The highest BCUT2D eigenvalue weighted by Crippen LogP contribution is 2.63. The van der Waals surface area contributed by atoms with Crippen LogP contribution in [-0.2, 0) is 11.8 Å². The van der Waals surface area contributed by atoms with Gasteiger partial charge in [-0.1, -0.05) is 127 Å². The zero-order chi connectivity index (χ0) is 27.2. The molecule has 1 spiro atoms. The molecule has 0 fully saturated rings. The van der Waals surface area contributed by atoms with Crippen molar-refractivity contribution in [3.05, 3.63) is 185 Å². The third-order valence-corrected chi connectivity index (χ3v) is 8.52. The summed E-state index contributed by atoms with van der Waals surface area (Å²) in [5, 5.41) is 0. The molecule has 1 heteroatoms. The Bertz CT molecular complexity index is 1930. The maximum atomic E-state index is 3.43. The Kier molecular flexibility index (Phi) is 5.40. The van der Waals surface area contributed by atoms with Crippen LogP contribution < -0.4 is 4.90 Å². The largest absolute Gasteiger partial charge is 0.310 e. The average molecular weight is 522 g/mol. The summed E-state index contributed by atoms with van der Waals surface area (Å²) in [6.07, 6.45) is 0.702. The van der Waals surface area contributed by atoms with E-state index in [9.17, 15) is 0 Å². The van der Waals surface area contributed by atoms with Crippen molar-refractivity contribution in [2.75, 3.05) is 4.90 Å². The van der Waals surface area contributed by atoms with E-state index >= 15 is 0 Å². The Morgan fingerprint density at radius 2 is 1.05 bits per heavy atom. The first-order valence-corrected chi connectivity index (χ1v) is 14.2. The van der Waals surface area contributed by atoms with E-state index in [0.29, 0.717) is 6.42 Å². The highest BCUT2D eigenvalue weighted by atomic mass is 15.2. The standard InChI is InChI=1S/C40H27N/c1-3-14-29(15-4-1)16-13-17-30-26-27-33-32-20-7-8-21-34(32)40(37(33)28-30)35-22-9-11-24-38(35)41(31-18-5-2-6-19-31)39-25-12-10-23-36(39)40/h1-12,14-15,18-28H,17H2. The molecule has 1 aliphatic heterocycles. The van der Waals surface area contributed by atoms with E-state index in [4.69, 9.17) is 0 Å². The number of fused-ring (bicyclic) bond motifs is 9. The SMILES string of the molecule is C(#Cc1ccccc1)Cc1ccc2c(c1)C1(c3ccccc3-2)c2ccccc2N(c2ccccc2)c2ccccc21. The summed E-state index contributed by atoms with van der Waals surface area (Å²) >= 11 is 0. The molecule has 0 radical (unpaired) electrons. The molecule has 0 N–H and O–H groups in total. The first kappa shape index (κ1) is 23.6. The van der Waals surface area contributed by atoms with Crippen LogP contribution in [0, 0.1) is 11.8 Å². The van der Waals surface area contributed by atoms with Crippen molar-refractivity contribution in [2.24, 2.45) is 0 Å². The average Bonchev–Trinajstić information content (AvgIpc) is 3.33. The molecule has 0 saturated heterocycles. The number of hydrogen-bond donors (Lipinski definition) is 0. The predicted molar refractivity (Wildman–Crippen MR) is 169 cm³/mol. The fraction of sp³-hybridized carbons (Fsp3) is 0.0500. The number of hydrogen-bond acceptors (Lipinski definition) is 1. The molecule has 0 bridgehead atoms. The van der Waals surface area contributed by atoms with Crippen LogP contribution in [-0.4, -0.2) is 0 Å². The monoisotopic (exact) mass is 521 g/mol. The van der Waals surface area contributed by atoms with Gasteiger partial charge in [0, 0.05) is 17.7 Å². The summed E-state index contributed by atoms with van der Waals surface area (Å²) in [5.74, 6) is 6.78. The van der Waals surface area contributed by atoms with Gasteiger partial charge in [-0.15, -0.1) is 0 Å². The molecule has 0 aromatic heterocycles. The molecule has 2 aliphatic rings. The molecule has 41 heavy (non-hydrogen) atoms. The number of nitrogens with zero attached hydrogens (tertiary/aromatic N) is 1. The number of anilines is 3. The topological polar surface area (TPSA) is 3.24 Å². The van der Waals surface area contributed by atoms with Gasteiger partial charge in [0.1, 0.15) is 0 Å². The Morgan fingerprint density at radius 3 is 1.76 bits per heavy atom. The molecular formula is C40H27N. The Labute approximate surface area is 241 Å². The lowest BCUT2D eigenvalue weighted by molar-refractivity contribution is 0.751. The van der Waals surface area contributed by atoms with Crippen LogP contribution in [0.4, 0.5) is 17.1 Å². The second-order valence-corrected chi connectivity index (χ2v) is 10.7. The van der Waals surface area contributed by atoms with E-state index < -0.39 is 5.41 Å². The fourth-order valence-electron chi connectivity index (χ4n) is 6.89. The lowest BCUT2D eigenvalue weighted by Crippen LogP contribution is -2.36. The van der Waals surface area contributed by atoms with Gasteiger partial charge in [-0.2, -0.15) is 0 Å². The van der Waals surface area contributed by atoms with Gasteiger partial charge in [0.2, 0.25) is 0 Å². The van der Waals surface area contributed by atoms with Crippen molar-refractivity contribution >= 4 is 17.1 Å². The minimum Gasteiger partial charge on any atom is -0.310 e. The number of para-hydroxylation sites is 3. The molecule has 0 atom stereocenters. The van der Waals surface area contributed by atoms with Gasteiger partial charge in [0.25, 0.3) is 0 Å². The molecule has 1 aliphatic carbocycles. The van der Waals surface area contributed by atoms with Crippen LogP contribution in [0.15, 0.2) is 152 Å². The van der Waals surface area contributed by atoms with Crippen molar-refractivity contribution in [2.45, 2.75) is 11.8 Å². The molecule has 1 nitrogen and oxygen atoms in total. The van der Waals surface area contributed by atoms with Gasteiger partial charge >= 0.3 is 0 Å². The van der Waals surface area contributed by atoms with Gasteiger partial charge < -0.3 is 4.90 Å². The zero-order valence-electron chi connectivity index (χ0n) is 22.6. The van der Waals surface area contributed by atoms with E-state index in [1.807, 2.05) is 18.2 Å². The molecule has 0 unspecified atom stereocenters. The van der Waals surface area contributed by atoms with E-state index in [2.05, 4.69) is 150 Å². The summed E-state index contributed by atoms with van der Waals surface area (Å²) in [6, 6.07) is 54.8. The number of benzene rings is 6. The van der Waals surface area contributed by atoms with E-state index in [1.165, 1.54) is 56.0 Å². The first-order valence-electron chi connectivity index (χ1n) is 14.2. The summed E-state index contributed by atoms with van der Waals surface area (Å²) in [4.78, 5) is 2.42. The highest BCUT2D eigenvalue weighted by molar-refractivity contribution is 5.95. The molecule has 192 valence electrons. The Morgan fingerprint density at radius 1 is 0.488 bits per heavy atom. The van der Waals surface area contributed by atoms with Gasteiger partial charge in [-0.05, 0) is 75.3 Å². The molecule has 6 aromatic rings. The quantitative estimate of drug-likeness (QED) is 0.205. The first-order chi connectivity index (χ1) is 20.4. The normalized spacial score (nSPS) is 13.4. The number of rotatable bonds is 2. The molecular weight excluding hydrogens is 494 g/mol. The van der Waals surface area contributed by atoms with Gasteiger partial charge in [-0.25, -0.2) is 0 Å².